The molecule has 1 N–H and O–H groups in total. The summed E-state index contributed by atoms with van der Waals surface area (Å²) in [7, 11) is -4.17. The van der Waals surface area contributed by atoms with Gasteiger partial charge in [0.1, 0.15) is 12.6 Å². The van der Waals surface area contributed by atoms with Crippen LogP contribution in [0.5, 0.6) is 0 Å². The maximum Gasteiger partial charge on any atom is 0.264 e. The predicted octanol–water partition coefficient (Wildman–Crippen LogP) is 6.73. The van der Waals surface area contributed by atoms with Gasteiger partial charge in [0.25, 0.3) is 10.0 Å². The normalized spacial score (nSPS) is 11.9. The van der Waals surface area contributed by atoms with Crippen LogP contribution in [0.2, 0.25) is 10.0 Å². The van der Waals surface area contributed by atoms with E-state index in [4.69, 9.17) is 23.2 Å². The summed E-state index contributed by atoms with van der Waals surface area (Å²) >= 11 is 15.9. The van der Waals surface area contributed by atoms with Gasteiger partial charge in [-0.1, -0.05) is 99.8 Å². The van der Waals surface area contributed by atoms with Gasteiger partial charge in [0.05, 0.1) is 20.6 Å². The van der Waals surface area contributed by atoms with Crippen molar-refractivity contribution in [2.75, 3.05) is 17.4 Å². The van der Waals surface area contributed by atoms with Gasteiger partial charge in [-0.3, -0.25) is 13.9 Å². The number of carbonyl (C=O) groups is 2. The summed E-state index contributed by atoms with van der Waals surface area (Å²) < 4.78 is 29.6. The first-order valence-electron chi connectivity index (χ1n) is 13.5. The van der Waals surface area contributed by atoms with Crippen LogP contribution in [0.15, 0.2) is 112 Å². The van der Waals surface area contributed by atoms with Crippen LogP contribution >= 0.6 is 39.1 Å². The predicted molar refractivity (Wildman–Crippen MR) is 175 cm³/mol. The summed E-state index contributed by atoms with van der Waals surface area (Å²) in [6.07, 6.45) is 0.210. The van der Waals surface area contributed by atoms with Gasteiger partial charge < -0.3 is 10.2 Å². The second-order valence-electron chi connectivity index (χ2n) is 9.67. The Balaban J connectivity index is 1.80. The maximum absolute atomic E-state index is 14.4. The van der Waals surface area contributed by atoms with Crippen LogP contribution in [-0.4, -0.2) is 44.3 Å². The number of likely N-dealkylation sites (N-methyl/N-ethyl adjacent to an activating group) is 1. The zero-order valence-corrected chi connectivity index (χ0v) is 27.2. The molecule has 0 aliphatic carbocycles. The van der Waals surface area contributed by atoms with Crippen molar-refractivity contribution in [3.05, 3.63) is 129 Å². The van der Waals surface area contributed by atoms with Crippen LogP contribution in [0.25, 0.3) is 0 Å². The zero-order chi connectivity index (χ0) is 31.0. The van der Waals surface area contributed by atoms with Crippen molar-refractivity contribution in [1.29, 1.82) is 0 Å². The average molecular weight is 703 g/mol. The van der Waals surface area contributed by atoms with Gasteiger partial charge in [-0.2, -0.15) is 0 Å². The highest BCUT2D eigenvalue weighted by Crippen LogP contribution is 2.28. The van der Waals surface area contributed by atoms with Crippen LogP contribution in [0, 0.1) is 0 Å². The Morgan fingerprint density at radius 3 is 2.14 bits per heavy atom. The molecule has 0 bridgehead atoms. The van der Waals surface area contributed by atoms with Gasteiger partial charge in [-0.15, -0.1) is 0 Å². The van der Waals surface area contributed by atoms with Crippen LogP contribution in [0.1, 0.15) is 18.1 Å². The largest absolute Gasteiger partial charge is 0.355 e. The van der Waals surface area contributed by atoms with E-state index in [1.807, 2.05) is 30.3 Å². The van der Waals surface area contributed by atoms with Crippen LogP contribution in [0.3, 0.4) is 0 Å². The molecule has 1 atom stereocenters. The number of nitrogens with one attached hydrogen (secondary N) is 1. The number of nitrogens with zero attached hydrogens (tertiary/aromatic N) is 2. The number of rotatable bonds is 12. The quantitative estimate of drug-likeness (QED) is 0.178. The molecule has 0 aliphatic rings. The molecule has 4 aromatic rings. The Morgan fingerprint density at radius 1 is 0.837 bits per heavy atom. The maximum atomic E-state index is 14.4. The lowest BCUT2D eigenvalue weighted by atomic mass is 10.0. The third kappa shape index (κ3) is 8.38. The van der Waals surface area contributed by atoms with Crippen molar-refractivity contribution in [2.24, 2.45) is 0 Å². The molecule has 0 aromatic heterocycles. The minimum absolute atomic E-state index is 0.0118. The molecular formula is C32H30BrCl2N3O4S. The fourth-order valence-electron chi connectivity index (χ4n) is 4.56. The average Bonchev–Trinajstić information content (AvgIpc) is 3.00. The second kappa shape index (κ2) is 14.9. The topological polar surface area (TPSA) is 86.8 Å². The van der Waals surface area contributed by atoms with Crippen molar-refractivity contribution in [3.63, 3.8) is 0 Å². The van der Waals surface area contributed by atoms with E-state index in [1.54, 1.807) is 67.6 Å². The van der Waals surface area contributed by atoms with E-state index < -0.39 is 28.5 Å². The van der Waals surface area contributed by atoms with Crippen molar-refractivity contribution in [3.8, 4) is 0 Å². The first kappa shape index (κ1) is 32.5. The van der Waals surface area contributed by atoms with Crippen molar-refractivity contribution in [1.82, 2.24) is 10.2 Å². The lowest BCUT2D eigenvalue weighted by molar-refractivity contribution is -0.140. The highest BCUT2D eigenvalue weighted by molar-refractivity contribution is 9.10. The summed E-state index contributed by atoms with van der Waals surface area (Å²) in [6, 6.07) is 28.0. The lowest BCUT2D eigenvalue weighted by Gasteiger charge is -2.34. The molecule has 7 nitrogen and oxygen atoms in total. The van der Waals surface area contributed by atoms with E-state index >= 15 is 0 Å². The van der Waals surface area contributed by atoms with Crippen LogP contribution in [-0.2, 0) is 32.6 Å². The highest BCUT2D eigenvalue weighted by atomic mass is 79.9. The molecule has 0 aliphatic heterocycles. The number of benzene rings is 4. The number of sulfonamides is 1. The molecule has 4 aromatic carbocycles. The van der Waals surface area contributed by atoms with Gasteiger partial charge in [0.15, 0.2) is 0 Å². The number of halogens is 3. The molecule has 0 saturated heterocycles. The first-order valence-corrected chi connectivity index (χ1v) is 16.5. The molecule has 43 heavy (non-hydrogen) atoms. The van der Waals surface area contributed by atoms with E-state index in [0.717, 1.165) is 9.87 Å². The van der Waals surface area contributed by atoms with Gasteiger partial charge in [-0.05, 0) is 60.5 Å². The number of anilines is 1. The molecule has 0 radical (unpaired) electrons. The van der Waals surface area contributed by atoms with E-state index in [2.05, 4.69) is 21.2 Å². The minimum atomic E-state index is -4.17. The fraction of sp³-hybridized carbons (Fsp3) is 0.188. The molecule has 0 unspecified atom stereocenters. The summed E-state index contributed by atoms with van der Waals surface area (Å²) in [5.41, 5.74) is 1.76. The molecule has 0 spiro atoms. The SMILES string of the molecule is CCNC(=O)[C@@H](Cc1ccccc1)N(Cc1ccc(Cl)c(Cl)c1)C(=O)CN(c1cccc(Br)c1)S(=O)(=O)c1ccccc1. The third-order valence-electron chi connectivity index (χ3n) is 6.67. The fourth-order valence-corrected chi connectivity index (χ4v) is 6.70. The molecular weight excluding hydrogens is 673 g/mol. The van der Waals surface area contributed by atoms with Gasteiger partial charge in [0, 0.05) is 24.0 Å². The summed E-state index contributed by atoms with van der Waals surface area (Å²) in [6.45, 7) is 1.58. The molecule has 0 saturated carbocycles. The number of hydrogen-bond acceptors (Lipinski definition) is 4. The monoisotopic (exact) mass is 701 g/mol. The molecule has 11 heteroatoms. The Kier molecular flexibility index (Phi) is 11.3. The van der Waals surface area contributed by atoms with E-state index in [1.165, 1.54) is 17.0 Å². The van der Waals surface area contributed by atoms with Gasteiger partial charge in [-0.25, -0.2) is 8.42 Å². The number of amides is 2. The van der Waals surface area contributed by atoms with Gasteiger partial charge >= 0.3 is 0 Å². The van der Waals surface area contributed by atoms with E-state index in [9.17, 15) is 18.0 Å². The molecule has 0 heterocycles. The van der Waals surface area contributed by atoms with Crippen molar-refractivity contribution >= 4 is 66.7 Å². The van der Waals surface area contributed by atoms with E-state index in [0.29, 0.717) is 32.3 Å². The Hall–Kier alpha value is -3.37. The molecule has 4 rings (SSSR count). The second-order valence-corrected chi connectivity index (χ2v) is 13.3. The standard InChI is InChI=1S/C32H30BrCl2N3O4S/c1-2-36-32(40)30(19-23-10-5-3-6-11-23)37(21-24-16-17-28(34)29(35)18-24)31(39)22-38(26-13-9-12-25(33)20-26)43(41,42)27-14-7-4-8-15-27/h3-18,20,30H,2,19,21-22H2,1H3,(H,36,40)/t30-/m1/s1. The Morgan fingerprint density at radius 2 is 1.51 bits per heavy atom. The third-order valence-corrected chi connectivity index (χ3v) is 9.69. The summed E-state index contributed by atoms with van der Waals surface area (Å²) in [4.78, 5) is 29.3. The minimum Gasteiger partial charge on any atom is -0.355 e. The first-order chi connectivity index (χ1) is 20.6. The molecule has 224 valence electrons. The van der Waals surface area contributed by atoms with Gasteiger partial charge in [0.2, 0.25) is 11.8 Å². The van der Waals surface area contributed by atoms with Crippen LogP contribution < -0.4 is 9.62 Å². The smallest absolute Gasteiger partial charge is 0.264 e. The van der Waals surface area contributed by atoms with Crippen molar-refractivity contribution in [2.45, 2.75) is 30.8 Å². The van der Waals surface area contributed by atoms with Crippen molar-refractivity contribution < 1.29 is 18.0 Å². The number of hydrogen-bond donors (Lipinski definition) is 1. The lowest BCUT2D eigenvalue weighted by Crippen LogP contribution is -2.53. The number of carbonyl (C=O) groups excluding carboxylic acids is 2. The summed E-state index contributed by atoms with van der Waals surface area (Å²) in [5.74, 6) is -0.933. The zero-order valence-electron chi connectivity index (χ0n) is 23.3. The Bertz CT molecular complexity index is 1670. The Labute approximate surface area is 270 Å². The molecule has 2 amide bonds. The summed E-state index contributed by atoms with van der Waals surface area (Å²) in [5, 5.41) is 3.49. The van der Waals surface area contributed by atoms with E-state index in [-0.39, 0.29) is 23.8 Å². The molecule has 0 fully saturated rings. The highest BCUT2D eigenvalue weighted by Gasteiger charge is 2.34. The van der Waals surface area contributed by atoms with Crippen LogP contribution in [0.4, 0.5) is 5.69 Å².